The molecule has 3 N–H and O–H groups in total. The Morgan fingerprint density at radius 1 is 0.842 bits per heavy atom. The maximum Gasteiger partial charge on any atom is 0.330 e. The van der Waals surface area contributed by atoms with Gasteiger partial charge in [0.25, 0.3) is 5.56 Å². The van der Waals surface area contributed by atoms with E-state index in [-0.39, 0.29) is 6.61 Å². The van der Waals surface area contributed by atoms with Gasteiger partial charge >= 0.3 is 5.69 Å². The molecular formula is C29H28N2O7. The van der Waals surface area contributed by atoms with Crippen molar-refractivity contribution >= 4 is 0 Å². The highest BCUT2D eigenvalue weighted by molar-refractivity contribution is 5.48. The molecule has 1 saturated heterocycles. The number of H-pyrrole nitrogens is 1. The predicted octanol–water partition coefficient (Wildman–Crippen LogP) is 2.17. The number of aliphatic hydroxyl groups is 2. The molecule has 1 aliphatic heterocycles. The smallest absolute Gasteiger partial charge is 0.330 e. The fourth-order valence-corrected chi connectivity index (χ4v) is 4.85. The number of hydrogen-bond acceptors (Lipinski definition) is 7. The zero-order chi connectivity index (χ0) is 26.7. The van der Waals surface area contributed by atoms with Crippen molar-refractivity contribution in [2.75, 3.05) is 13.7 Å². The van der Waals surface area contributed by atoms with Crippen LogP contribution in [0, 0.1) is 0 Å². The zero-order valence-electron chi connectivity index (χ0n) is 20.6. The highest BCUT2D eigenvalue weighted by Crippen LogP contribution is 2.42. The molecule has 5 rings (SSSR count). The molecular weight excluding hydrogens is 488 g/mol. The van der Waals surface area contributed by atoms with Gasteiger partial charge in [-0.3, -0.25) is 14.3 Å². The number of nitrogens with one attached hydrogen (secondary N) is 1. The van der Waals surface area contributed by atoms with Gasteiger partial charge in [0.1, 0.15) is 29.7 Å². The number of methoxy groups -OCH3 is 1. The average Bonchev–Trinajstić information content (AvgIpc) is 3.23. The van der Waals surface area contributed by atoms with Gasteiger partial charge in [0.2, 0.25) is 0 Å². The van der Waals surface area contributed by atoms with Gasteiger partial charge < -0.3 is 24.4 Å². The highest BCUT2D eigenvalue weighted by Gasteiger charge is 2.46. The van der Waals surface area contributed by atoms with Crippen molar-refractivity contribution in [3.63, 3.8) is 0 Å². The van der Waals surface area contributed by atoms with Crippen molar-refractivity contribution in [2.24, 2.45) is 0 Å². The van der Waals surface area contributed by atoms with E-state index in [2.05, 4.69) is 4.98 Å². The maximum absolute atomic E-state index is 12.3. The Bertz CT molecular complexity index is 1430. The van der Waals surface area contributed by atoms with Gasteiger partial charge in [-0.2, -0.15) is 0 Å². The van der Waals surface area contributed by atoms with Crippen molar-refractivity contribution < 1.29 is 24.4 Å². The van der Waals surface area contributed by atoms with Crippen molar-refractivity contribution in [2.45, 2.75) is 30.1 Å². The van der Waals surface area contributed by atoms with E-state index in [0.717, 1.165) is 27.3 Å². The molecule has 4 atom stereocenters. The lowest BCUT2D eigenvalue weighted by atomic mass is 9.80. The molecule has 9 nitrogen and oxygen atoms in total. The van der Waals surface area contributed by atoms with E-state index < -0.39 is 41.4 Å². The van der Waals surface area contributed by atoms with E-state index >= 15 is 0 Å². The van der Waals surface area contributed by atoms with Crippen LogP contribution >= 0.6 is 0 Å². The molecule has 0 bridgehead atoms. The first-order valence-corrected chi connectivity index (χ1v) is 12.2. The second kappa shape index (κ2) is 10.8. The molecule has 0 radical (unpaired) electrons. The largest absolute Gasteiger partial charge is 0.497 e. The van der Waals surface area contributed by atoms with E-state index in [1.54, 1.807) is 7.11 Å². The summed E-state index contributed by atoms with van der Waals surface area (Å²) in [6.07, 6.45) is -3.72. The van der Waals surface area contributed by atoms with Gasteiger partial charge in [0.15, 0.2) is 6.23 Å². The van der Waals surface area contributed by atoms with Crippen molar-refractivity contribution in [1.82, 2.24) is 9.55 Å². The van der Waals surface area contributed by atoms with Crippen LogP contribution in [0.4, 0.5) is 0 Å². The Labute approximate surface area is 218 Å². The average molecular weight is 517 g/mol. The molecule has 0 amide bonds. The second-order valence-corrected chi connectivity index (χ2v) is 9.02. The minimum Gasteiger partial charge on any atom is -0.497 e. The van der Waals surface area contributed by atoms with Crippen LogP contribution < -0.4 is 16.0 Å². The van der Waals surface area contributed by atoms with Crippen LogP contribution in [0.2, 0.25) is 0 Å². The molecule has 0 unspecified atom stereocenters. The summed E-state index contributed by atoms with van der Waals surface area (Å²) in [5.74, 6) is 0.690. The second-order valence-electron chi connectivity index (χ2n) is 9.02. The molecule has 38 heavy (non-hydrogen) atoms. The number of ether oxygens (including phenoxy) is 3. The topological polar surface area (TPSA) is 123 Å². The van der Waals surface area contributed by atoms with Gasteiger partial charge in [-0.15, -0.1) is 0 Å². The molecule has 2 heterocycles. The van der Waals surface area contributed by atoms with Crippen LogP contribution in [-0.2, 0) is 15.1 Å². The summed E-state index contributed by atoms with van der Waals surface area (Å²) >= 11 is 0. The van der Waals surface area contributed by atoms with E-state index in [4.69, 9.17) is 14.2 Å². The van der Waals surface area contributed by atoms with Gasteiger partial charge in [-0.05, 0) is 28.8 Å². The third-order valence-corrected chi connectivity index (χ3v) is 6.78. The molecule has 1 aromatic heterocycles. The molecule has 196 valence electrons. The zero-order valence-corrected chi connectivity index (χ0v) is 20.6. The summed E-state index contributed by atoms with van der Waals surface area (Å²) in [7, 11) is 1.60. The normalized spacial score (nSPS) is 21.3. The Hall–Kier alpha value is -4.02. The van der Waals surface area contributed by atoms with Crippen LogP contribution in [-0.4, -0.2) is 51.8 Å². The minimum absolute atomic E-state index is 0.122. The number of rotatable bonds is 8. The summed E-state index contributed by atoms with van der Waals surface area (Å²) in [4.78, 5) is 25.9. The predicted molar refractivity (Wildman–Crippen MR) is 139 cm³/mol. The summed E-state index contributed by atoms with van der Waals surface area (Å²) in [5.41, 5.74) is 0.0776. The van der Waals surface area contributed by atoms with E-state index in [9.17, 15) is 19.8 Å². The Kier molecular flexibility index (Phi) is 7.26. The molecule has 0 spiro atoms. The lowest BCUT2D eigenvalue weighted by Gasteiger charge is -2.37. The maximum atomic E-state index is 12.3. The van der Waals surface area contributed by atoms with E-state index in [1.807, 2.05) is 84.9 Å². The van der Waals surface area contributed by atoms with E-state index in [1.165, 1.54) is 6.20 Å². The lowest BCUT2D eigenvalue weighted by Crippen LogP contribution is -2.40. The van der Waals surface area contributed by atoms with Crippen LogP contribution in [0.3, 0.4) is 0 Å². The van der Waals surface area contributed by atoms with Crippen LogP contribution in [0.15, 0.2) is 107 Å². The first-order chi connectivity index (χ1) is 18.4. The Morgan fingerprint density at radius 2 is 1.42 bits per heavy atom. The number of nitrogens with zero attached hydrogens (tertiary/aromatic N) is 1. The first-order valence-electron chi connectivity index (χ1n) is 12.2. The monoisotopic (exact) mass is 516 g/mol. The molecule has 0 aliphatic carbocycles. The summed E-state index contributed by atoms with van der Waals surface area (Å²) < 4.78 is 19.0. The Morgan fingerprint density at radius 3 is 1.97 bits per heavy atom. The fraction of sp³-hybridized carbons (Fsp3) is 0.241. The third kappa shape index (κ3) is 4.68. The number of aromatic amines is 1. The number of hydrogen-bond donors (Lipinski definition) is 3. The quantitative estimate of drug-likeness (QED) is 0.307. The number of aromatic nitrogens is 2. The van der Waals surface area contributed by atoms with Crippen LogP contribution in [0.25, 0.3) is 0 Å². The number of benzene rings is 3. The summed E-state index contributed by atoms with van der Waals surface area (Å²) in [6, 6.07) is 28.0. The molecule has 1 fully saturated rings. The first kappa shape index (κ1) is 25.6. The fourth-order valence-electron chi connectivity index (χ4n) is 4.85. The molecule has 0 saturated carbocycles. The minimum atomic E-state index is -1.42. The standard InChI is InChI=1S/C29H28N2O7/c1-36-22-14-12-21(13-15-22)29(19-8-4-2-5-9-19,20-10-6-3-7-11-20)37-18-23-25(33)26(34)27(38-23)31-17-16-24(32)30-28(31)35/h2-17,23,25-27,33-34H,18H2,1H3,(H,30,32,35)/t23-,25-,26-,27+/m0/s1. The summed E-state index contributed by atoms with van der Waals surface area (Å²) in [5, 5.41) is 21.6. The highest BCUT2D eigenvalue weighted by atomic mass is 16.6. The molecule has 1 aliphatic rings. The number of aliphatic hydroxyl groups excluding tert-OH is 2. The van der Waals surface area contributed by atoms with Gasteiger partial charge in [-0.1, -0.05) is 72.8 Å². The van der Waals surface area contributed by atoms with Gasteiger partial charge in [-0.25, -0.2) is 4.79 Å². The van der Waals surface area contributed by atoms with Crippen LogP contribution in [0.1, 0.15) is 22.9 Å². The third-order valence-electron chi connectivity index (χ3n) is 6.78. The van der Waals surface area contributed by atoms with E-state index in [0.29, 0.717) is 5.75 Å². The molecule has 9 heteroatoms. The SMILES string of the molecule is COc1ccc(C(OC[C@@H]2O[C@@H](n3ccc(=O)[nH]c3=O)[C@@H](O)[C@H]2O)(c2ccccc2)c2ccccc2)cc1. The van der Waals surface area contributed by atoms with Crippen molar-refractivity contribution in [1.29, 1.82) is 0 Å². The van der Waals surface area contributed by atoms with Crippen LogP contribution in [0.5, 0.6) is 5.75 Å². The van der Waals surface area contributed by atoms with Gasteiger partial charge in [0, 0.05) is 12.3 Å². The van der Waals surface area contributed by atoms with Crippen molar-refractivity contribution in [3.05, 3.63) is 135 Å². The molecule has 4 aromatic rings. The lowest BCUT2D eigenvalue weighted by molar-refractivity contribution is -0.0958. The van der Waals surface area contributed by atoms with Gasteiger partial charge in [0.05, 0.1) is 13.7 Å². The Balaban J connectivity index is 1.54. The summed E-state index contributed by atoms with van der Waals surface area (Å²) in [6.45, 7) is -0.122. The molecule has 3 aromatic carbocycles. The van der Waals surface area contributed by atoms with Crippen molar-refractivity contribution in [3.8, 4) is 5.75 Å².